The smallest absolute Gasteiger partial charge is 0.00406 e. The van der Waals surface area contributed by atoms with Crippen molar-refractivity contribution in [1.82, 2.24) is 0 Å². The van der Waals surface area contributed by atoms with Crippen molar-refractivity contribution in [2.45, 2.75) is 19.3 Å². The molecule has 0 aliphatic heterocycles. The summed E-state index contributed by atoms with van der Waals surface area (Å²) in [5.41, 5.74) is 6.48. The van der Waals surface area contributed by atoms with Crippen molar-refractivity contribution in [2.24, 2.45) is 28.9 Å². The summed E-state index contributed by atoms with van der Waals surface area (Å²) in [4.78, 5) is 0. The van der Waals surface area contributed by atoms with Gasteiger partial charge in [-0.05, 0) is 49.0 Å². The molecule has 1 spiro atoms. The van der Waals surface area contributed by atoms with Crippen molar-refractivity contribution < 1.29 is 0 Å². The van der Waals surface area contributed by atoms with Crippen LogP contribution in [-0.2, 0) is 0 Å². The predicted molar refractivity (Wildman–Crippen MR) is 35.8 cm³/mol. The van der Waals surface area contributed by atoms with Crippen molar-refractivity contribution in [3.8, 4) is 0 Å². The second-order valence-electron chi connectivity index (χ2n) is 4.19. The lowest BCUT2D eigenvalue weighted by Gasteiger charge is -2.31. The Hall–Kier alpha value is -0.0400. The van der Waals surface area contributed by atoms with E-state index in [9.17, 15) is 0 Å². The molecule has 4 saturated carbocycles. The molecule has 1 heteroatoms. The molecule has 0 aromatic rings. The molecule has 0 saturated heterocycles. The zero-order valence-corrected chi connectivity index (χ0v) is 5.64. The first kappa shape index (κ1) is 4.73. The zero-order valence-electron chi connectivity index (χ0n) is 5.64. The van der Waals surface area contributed by atoms with Crippen LogP contribution < -0.4 is 5.73 Å². The molecular formula is C8H13N. The SMILES string of the molecule is NCC1C2CC3CC12C3. The van der Waals surface area contributed by atoms with E-state index < -0.39 is 0 Å². The number of hydrogen-bond donors (Lipinski definition) is 1. The van der Waals surface area contributed by atoms with Crippen molar-refractivity contribution in [3.05, 3.63) is 0 Å². The molecule has 0 aromatic carbocycles. The topological polar surface area (TPSA) is 26.0 Å². The van der Waals surface area contributed by atoms with Gasteiger partial charge in [-0.1, -0.05) is 0 Å². The molecule has 2 N–H and O–H groups in total. The maximum absolute atomic E-state index is 5.63. The lowest BCUT2D eigenvalue weighted by molar-refractivity contribution is 0.197. The quantitative estimate of drug-likeness (QED) is 0.553. The lowest BCUT2D eigenvalue weighted by atomic mass is 9.74. The largest absolute Gasteiger partial charge is 0.330 e. The Labute approximate surface area is 55.6 Å². The minimum Gasteiger partial charge on any atom is -0.330 e. The number of nitrogens with two attached hydrogens (primary N) is 1. The fraction of sp³-hybridized carbons (Fsp3) is 1.00. The minimum absolute atomic E-state index is 0.847. The third-order valence-electron chi connectivity index (χ3n) is 4.03. The van der Waals surface area contributed by atoms with E-state index in [4.69, 9.17) is 5.73 Å². The lowest BCUT2D eigenvalue weighted by Crippen LogP contribution is -2.24. The molecule has 50 valence electrons. The predicted octanol–water partition coefficient (Wildman–Crippen LogP) is 0.991. The van der Waals surface area contributed by atoms with Gasteiger partial charge in [0.2, 0.25) is 0 Å². The van der Waals surface area contributed by atoms with Gasteiger partial charge in [-0.3, -0.25) is 0 Å². The minimum atomic E-state index is 0.847. The van der Waals surface area contributed by atoms with Crippen LogP contribution in [0.25, 0.3) is 0 Å². The highest BCUT2D eigenvalue weighted by atomic mass is 14.8. The summed E-state index contributed by atoms with van der Waals surface area (Å²) < 4.78 is 0. The molecule has 2 unspecified atom stereocenters. The second kappa shape index (κ2) is 1.07. The monoisotopic (exact) mass is 123 g/mol. The van der Waals surface area contributed by atoms with Crippen LogP contribution in [0.4, 0.5) is 0 Å². The first-order valence-corrected chi connectivity index (χ1v) is 4.07. The molecule has 1 nitrogen and oxygen atoms in total. The Kier molecular flexibility index (Phi) is 0.563. The van der Waals surface area contributed by atoms with Gasteiger partial charge in [0.05, 0.1) is 0 Å². The van der Waals surface area contributed by atoms with E-state index in [0.717, 1.165) is 29.7 Å². The van der Waals surface area contributed by atoms with Crippen LogP contribution in [0, 0.1) is 23.2 Å². The van der Waals surface area contributed by atoms with Crippen molar-refractivity contribution in [2.75, 3.05) is 6.54 Å². The standard InChI is InChI=1S/C8H13N/c9-4-7-6-1-5-2-8(6,7)3-5/h5-7H,1-4,9H2. The third-order valence-corrected chi connectivity index (χ3v) is 4.03. The molecule has 4 aliphatic carbocycles. The van der Waals surface area contributed by atoms with Crippen molar-refractivity contribution in [3.63, 3.8) is 0 Å². The summed E-state index contributed by atoms with van der Waals surface area (Å²) in [5.74, 6) is 3.19. The van der Waals surface area contributed by atoms with Gasteiger partial charge in [0.1, 0.15) is 0 Å². The fourth-order valence-electron chi connectivity index (χ4n) is 3.61. The summed E-state index contributed by atoms with van der Waals surface area (Å²) >= 11 is 0. The summed E-state index contributed by atoms with van der Waals surface area (Å²) in [6.45, 7) is 0.970. The summed E-state index contributed by atoms with van der Waals surface area (Å²) in [5, 5.41) is 0. The van der Waals surface area contributed by atoms with Gasteiger partial charge in [0, 0.05) is 0 Å². The molecule has 9 heavy (non-hydrogen) atoms. The molecule has 4 rings (SSSR count). The number of rotatable bonds is 1. The Balaban J connectivity index is 1.90. The van der Waals surface area contributed by atoms with Crippen LogP contribution in [-0.4, -0.2) is 6.54 Å². The molecule has 2 atom stereocenters. The highest BCUT2D eigenvalue weighted by Crippen LogP contribution is 2.80. The average molecular weight is 123 g/mol. The molecule has 4 aliphatic rings. The van der Waals surface area contributed by atoms with Crippen LogP contribution in [0.1, 0.15) is 19.3 Å². The van der Waals surface area contributed by atoms with E-state index in [2.05, 4.69) is 0 Å². The van der Waals surface area contributed by atoms with Crippen molar-refractivity contribution in [1.29, 1.82) is 0 Å². The van der Waals surface area contributed by atoms with E-state index in [1.807, 2.05) is 0 Å². The molecule has 4 fully saturated rings. The number of hydrogen-bond acceptors (Lipinski definition) is 1. The second-order valence-corrected chi connectivity index (χ2v) is 4.19. The molecule has 0 radical (unpaired) electrons. The van der Waals surface area contributed by atoms with E-state index in [1.54, 1.807) is 12.8 Å². The summed E-state index contributed by atoms with van der Waals surface area (Å²) in [6.07, 6.45) is 4.61. The highest BCUT2D eigenvalue weighted by molar-refractivity contribution is 5.23. The molecule has 0 aromatic heterocycles. The molecule has 2 bridgehead atoms. The Morgan fingerprint density at radius 1 is 1.44 bits per heavy atom. The molecular weight excluding hydrogens is 110 g/mol. The Bertz CT molecular complexity index is 149. The maximum atomic E-state index is 5.63. The third kappa shape index (κ3) is 0.315. The van der Waals surface area contributed by atoms with Gasteiger partial charge in [-0.2, -0.15) is 0 Å². The van der Waals surface area contributed by atoms with Gasteiger partial charge in [-0.25, -0.2) is 0 Å². The van der Waals surface area contributed by atoms with Gasteiger partial charge < -0.3 is 5.73 Å². The normalized spacial score (nSPS) is 67.0. The highest BCUT2D eigenvalue weighted by Gasteiger charge is 2.74. The summed E-state index contributed by atoms with van der Waals surface area (Å²) in [6, 6.07) is 0. The fourth-order valence-corrected chi connectivity index (χ4v) is 3.61. The van der Waals surface area contributed by atoms with Crippen LogP contribution in [0.2, 0.25) is 0 Å². The van der Waals surface area contributed by atoms with Crippen molar-refractivity contribution >= 4 is 0 Å². The molecule has 0 heterocycles. The summed E-state index contributed by atoms with van der Waals surface area (Å²) in [7, 11) is 0. The Morgan fingerprint density at radius 2 is 2.22 bits per heavy atom. The van der Waals surface area contributed by atoms with Gasteiger partial charge >= 0.3 is 0 Å². The van der Waals surface area contributed by atoms with Crippen LogP contribution in [0.3, 0.4) is 0 Å². The van der Waals surface area contributed by atoms with Gasteiger partial charge in [0.15, 0.2) is 0 Å². The Morgan fingerprint density at radius 3 is 2.56 bits per heavy atom. The maximum Gasteiger partial charge on any atom is -0.00406 e. The van der Waals surface area contributed by atoms with Crippen LogP contribution in [0.15, 0.2) is 0 Å². The van der Waals surface area contributed by atoms with E-state index in [0.29, 0.717) is 0 Å². The van der Waals surface area contributed by atoms with Crippen LogP contribution in [0.5, 0.6) is 0 Å². The first-order valence-electron chi connectivity index (χ1n) is 4.07. The van der Waals surface area contributed by atoms with Gasteiger partial charge in [-0.15, -0.1) is 0 Å². The van der Waals surface area contributed by atoms with E-state index in [-0.39, 0.29) is 0 Å². The van der Waals surface area contributed by atoms with Crippen LogP contribution >= 0.6 is 0 Å². The first-order chi connectivity index (χ1) is 4.37. The molecule has 0 amide bonds. The van der Waals surface area contributed by atoms with E-state index in [1.165, 1.54) is 6.42 Å². The average Bonchev–Trinajstić information content (AvgIpc) is 2.20. The zero-order chi connectivity index (χ0) is 6.06. The van der Waals surface area contributed by atoms with Gasteiger partial charge in [0.25, 0.3) is 0 Å². The van der Waals surface area contributed by atoms with E-state index >= 15 is 0 Å².